The summed E-state index contributed by atoms with van der Waals surface area (Å²) in [5, 5.41) is 3.17. The summed E-state index contributed by atoms with van der Waals surface area (Å²) < 4.78 is 11.4. The number of aryl methyl sites for hydroxylation is 1. The van der Waals surface area contributed by atoms with Crippen molar-refractivity contribution in [2.24, 2.45) is 10.7 Å². The van der Waals surface area contributed by atoms with E-state index in [1.54, 1.807) is 0 Å². The summed E-state index contributed by atoms with van der Waals surface area (Å²) in [6.45, 7) is 8.20. The first-order valence-corrected chi connectivity index (χ1v) is 7.99. The summed E-state index contributed by atoms with van der Waals surface area (Å²) in [4.78, 5) is 4.42. The normalized spacial score (nSPS) is 19.1. The Hall–Kier alpha value is -1.02. The second-order valence-corrected chi connectivity index (χ2v) is 5.87. The average Bonchev–Trinajstić information content (AvgIpc) is 2.99. The maximum absolute atomic E-state index is 6.07. The molecule has 2 atom stereocenters. The molecular formula is C17H28IN3O2. The number of halogens is 1. The SMILES string of the molecule is CCC(C)NC(N)=NCc1ccc(C)cc1OC1CCOC1.I. The van der Waals surface area contributed by atoms with E-state index in [4.69, 9.17) is 15.2 Å². The minimum atomic E-state index is 0. The van der Waals surface area contributed by atoms with Gasteiger partial charge in [-0.05, 0) is 31.9 Å². The lowest BCUT2D eigenvalue weighted by Gasteiger charge is -2.16. The van der Waals surface area contributed by atoms with Crippen molar-refractivity contribution in [2.75, 3.05) is 13.2 Å². The number of benzene rings is 1. The number of nitrogens with zero attached hydrogens (tertiary/aromatic N) is 1. The van der Waals surface area contributed by atoms with Gasteiger partial charge in [0, 0.05) is 18.0 Å². The molecule has 5 nitrogen and oxygen atoms in total. The predicted molar refractivity (Wildman–Crippen MR) is 105 cm³/mol. The first-order chi connectivity index (χ1) is 10.6. The smallest absolute Gasteiger partial charge is 0.189 e. The lowest BCUT2D eigenvalue weighted by atomic mass is 10.1. The van der Waals surface area contributed by atoms with Crippen molar-refractivity contribution in [2.45, 2.75) is 52.3 Å². The van der Waals surface area contributed by atoms with E-state index in [0.29, 0.717) is 25.2 Å². The van der Waals surface area contributed by atoms with E-state index in [9.17, 15) is 0 Å². The highest BCUT2D eigenvalue weighted by molar-refractivity contribution is 14.0. The van der Waals surface area contributed by atoms with Crippen LogP contribution in [0.2, 0.25) is 0 Å². The van der Waals surface area contributed by atoms with Gasteiger partial charge in [-0.2, -0.15) is 0 Å². The number of nitrogens with two attached hydrogens (primary N) is 1. The Morgan fingerprint density at radius 2 is 2.30 bits per heavy atom. The Labute approximate surface area is 156 Å². The highest BCUT2D eigenvalue weighted by Gasteiger charge is 2.18. The average molecular weight is 433 g/mol. The summed E-state index contributed by atoms with van der Waals surface area (Å²) in [5.41, 5.74) is 8.14. The summed E-state index contributed by atoms with van der Waals surface area (Å²) in [6, 6.07) is 6.51. The monoisotopic (exact) mass is 433 g/mol. The van der Waals surface area contributed by atoms with E-state index in [0.717, 1.165) is 30.8 Å². The molecule has 1 saturated heterocycles. The first-order valence-electron chi connectivity index (χ1n) is 7.99. The van der Waals surface area contributed by atoms with Crippen molar-refractivity contribution in [3.8, 4) is 5.75 Å². The fourth-order valence-electron chi connectivity index (χ4n) is 2.26. The molecule has 2 rings (SSSR count). The Kier molecular flexibility index (Phi) is 8.68. The summed E-state index contributed by atoms with van der Waals surface area (Å²) in [6.07, 6.45) is 2.09. The van der Waals surface area contributed by atoms with Crippen LogP contribution in [0.5, 0.6) is 5.75 Å². The molecule has 1 aliphatic heterocycles. The van der Waals surface area contributed by atoms with Gasteiger partial charge in [-0.15, -0.1) is 24.0 Å². The van der Waals surface area contributed by atoms with Crippen LogP contribution in [0.3, 0.4) is 0 Å². The fourth-order valence-corrected chi connectivity index (χ4v) is 2.26. The van der Waals surface area contributed by atoms with Crippen LogP contribution < -0.4 is 15.8 Å². The largest absolute Gasteiger partial charge is 0.488 e. The molecule has 0 amide bonds. The fraction of sp³-hybridized carbons (Fsp3) is 0.588. The van der Waals surface area contributed by atoms with Gasteiger partial charge in [-0.25, -0.2) is 4.99 Å². The van der Waals surface area contributed by atoms with Crippen LogP contribution in [-0.4, -0.2) is 31.3 Å². The van der Waals surface area contributed by atoms with Gasteiger partial charge >= 0.3 is 0 Å². The van der Waals surface area contributed by atoms with Gasteiger partial charge in [-0.1, -0.05) is 19.1 Å². The number of guanidine groups is 1. The van der Waals surface area contributed by atoms with Gasteiger partial charge in [0.1, 0.15) is 11.9 Å². The summed E-state index contributed by atoms with van der Waals surface area (Å²) in [7, 11) is 0. The van der Waals surface area contributed by atoms with Gasteiger partial charge in [0.05, 0.1) is 19.8 Å². The Bertz CT molecular complexity index is 517. The summed E-state index contributed by atoms with van der Waals surface area (Å²) >= 11 is 0. The lowest BCUT2D eigenvalue weighted by molar-refractivity contribution is 0.140. The Morgan fingerprint density at radius 3 is 2.96 bits per heavy atom. The third-order valence-corrected chi connectivity index (χ3v) is 3.83. The molecule has 0 saturated carbocycles. The van der Waals surface area contributed by atoms with Gasteiger partial charge < -0.3 is 20.5 Å². The van der Waals surface area contributed by atoms with Crippen LogP contribution in [-0.2, 0) is 11.3 Å². The van der Waals surface area contributed by atoms with Crippen molar-refractivity contribution in [1.82, 2.24) is 5.32 Å². The molecular weight excluding hydrogens is 405 g/mol. The molecule has 2 unspecified atom stereocenters. The molecule has 1 aromatic carbocycles. The molecule has 1 heterocycles. The van der Waals surface area contributed by atoms with E-state index in [-0.39, 0.29) is 30.1 Å². The molecule has 23 heavy (non-hydrogen) atoms. The van der Waals surface area contributed by atoms with Crippen LogP contribution in [0.4, 0.5) is 0 Å². The Morgan fingerprint density at radius 1 is 1.52 bits per heavy atom. The van der Waals surface area contributed by atoms with E-state index < -0.39 is 0 Å². The second kappa shape index (κ2) is 9.97. The molecule has 1 aromatic rings. The zero-order valence-corrected chi connectivity index (χ0v) is 16.5. The second-order valence-electron chi connectivity index (χ2n) is 5.87. The predicted octanol–water partition coefficient (Wildman–Crippen LogP) is 2.98. The molecule has 0 bridgehead atoms. The minimum absolute atomic E-state index is 0. The van der Waals surface area contributed by atoms with E-state index in [1.807, 2.05) is 0 Å². The highest BCUT2D eigenvalue weighted by atomic mass is 127. The Balaban J connectivity index is 0.00000264. The zero-order valence-electron chi connectivity index (χ0n) is 14.2. The van der Waals surface area contributed by atoms with Gasteiger partial charge in [-0.3, -0.25) is 0 Å². The molecule has 6 heteroatoms. The van der Waals surface area contributed by atoms with E-state index >= 15 is 0 Å². The first kappa shape index (κ1) is 20.0. The third-order valence-electron chi connectivity index (χ3n) is 3.83. The lowest BCUT2D eigenvalue weighted by Crippen LogP contribution is -2.38. The van der Waals surface area contributed by atoms with E-state index in [2.05, 4.69) is 49.3 Å². The molecule has 130 valence electrons. The molecule has 0 spiro atoms. The van der Waals surface area contributed by atoms with Crippen molar-refractivity contribution < 1.29 is 9.47 Å². The molecule has 0 radical (unpaired) electrons. The number of rotatable bonds is 6. The number of aliphatic imine (C=N–C) groups is 1. The van der Waals surface area contributed by atoms with Crippen LogP contribution >= 0.6 is 24.0 Å². The van der Waals surface area contributed by atoms with Crippen molar-refractivity contribution in [1.29, 1.82) is 0 Å². The summed E-state index contributed by atoms with van der Waals surface area (Å²) in [5.74, 6) is 1.36. The molecule has 0 aliphatic carbocycles. The number of hydrogen-bond donors (Lipinski definition) is 2. The number of ether oxygens (including phenoxy) is 2. The standard InChI is InChI=1S/C17H27N3O2.HI/c1-4-13(3)20-17(18)19-10-14-6-5-12(2)9-16(14)22-15-7-8-21-11-15;/h5-6,9,13,15H,4,7-8,10-11H2,1-3H3,(H3,18,19,20);1H. The maximum atomic E-state index is 6.07. The zero-order chi connectivity index (χ0) is 15.9. The maximum Gasteiger partial charge on any atom is 0.189 e. The van der Waals surface area contributed by atoms with Gasteiger partial charge in [0.2, 0.25) is 0 Å². The van der Waals surface area contributed by atoms with Crippen LogP contribution in [0.15, 0.2) is 23.2 Å². The topological polar surface area (TPSA) is 68.9 Å². The highest BCUT2D eigenvalue weighted by Crippen LogP contribution is 2.24. The van der Waals surface area contributed by atoms with Crippen molar-refractivity contribution in [3.63, 3.8) is 0 Å². The molecule has 0 aromatic heterocycles. The number of nitrogens with one attached hydrogen (secondary N) is 1. The third kappa shape index (κ3) is 6.55. The molecule has 1 fully saturated rings. The van der Waals surface area contributed by atoms with Gasteiger partial charge in [0.15, 0.2) is 5.96 Å². The van der Waals surface area contributed by atoms with Crippen molar-refractivity contribution in [3.05, 3.63) is 29.3 Å². The quantitative estimate of drug-likeness (QED) is 0.411. The number of hydrogen-bond acceptors (Lipinski definition) is 3. The van der Waals surface area contributed by atoms with Gasteiger partial charge in [0.25, 0.3) is 0 Å². The van der Waals surface area contributed by atoms with E-state index in [1.165, 1.54) is 5.56 Å². The van der Waals surface area contributed by atoms with Crippen LogP contribution in [0.1, 0.15) is 37.8 Å². The van der Waals surface area contributed by atoms with Crippen molar-refractivity contribution >= 4 is 29.9 Å². The molecule has 3 N–H and O–H groups in total. The van der Waals surface area contributed by atoms with Crippen LogP contribution in [0, 0.1) is 6.92 Å². The minimum Gasteiger partial charge on any atom is -0.488 e. The van der Waals surface area contributed by atoms with Crippen LogP contribution in [0.25, 0.3) is 0 Å². The molecule has 1 aliphatic rings.